The van der Waals surface area contributed by atoms with E-state index in [2.05, 4.69) is 30.9 Å². The number of aromatic nitrogens is 3. The number of carbonyl (C=O) groups is 3. The highest BCUT2D eigenvalue weighted by Gasteiger charge is 2.44. The van der Waals surface area contributed by atoms with Crippen LogP contribution in [0.1, 0.15) is 91.7 Å². The number of aliphatic carboxylic acids is 1. The summed E-state index contributed by atoms with van der Waals surface area (Å²) in [5.74, 6) is -2.78. The second-order valence-electron chi connectivity index (χ2n) is 12.2. The molecule has 4 rings (SSSR count). The first-order valence-electron chi connectivity index (χ1n) is 13.6. The summed E-state index contributed by atoms with van der Waals surface area (Å²) in [6.07, 6.45) is 0.807. The Balaban J connectivity index is 1.64. The highest BCUT2D eigenvalue weighted by Crippen LogP contribution is 2.46. The number of Topliss-reactive ketones (excluding diaryl/α,β-unsaturated/α-hetero) is 1. The van der Waals surface area contributed by atoms with Crippen molar-refractivity contribution in [2.24, 2.45) is 23.2 Å². The van der Waals surface area contributed by atoms with E-state index in [1.165, 1.54) is 12.4 Å². The molecule has 1 N–H and O–H groups in total. The standard InChI is InChI=1S/C28H33Cl2F3N4O4/c1-27(2,3)17-8-15(9-17)13-36(14-22(38)23-20(29)11-34-12-21(23)30)25(39)19-10-35-37(24(19)28(31,32)33)18-6-4-16(5-7-18)26(40)41/h10-12,15-18H,4-9,13-14H2,1-3H3,(H,40,41). The summed E-state index contributed by atoms with van der Waals surface area (Å²) in [7, 11) is 0. The topological polar surface area (TPSA) is 105 Å². The minimum absolute atomic E-state index is 0.00929. The van der Waals surface area contributed by atoms with Crippen molar-refractivity contribution in [3.8, 4) is 0 Å². The number of pyridine rings is 1. The zero-order valence-corrected chi connectivity index (χ0v) is 24.6. The Bertz CT molecular complexity index is 1290. The minimum atomic E-state index is -4.91. The number of halogens is 5. The molecule has 0 spiro atoms. The van der Waals surface area contributed by atoms with Crippen molar-refractivity contribution in [1.82, 2.24) is 19.7 Å². The van der Waals surface area contributed by atoms with Gasteiger partial charge < -0.3 is 10.0 Å². The normalized spacial score (nSPS) is 23.1. The first kappa shape index (κ1) is 31.3. The molecule has 0 aliphatic heterocycles. The van der Waals surface area contributed by atoms with Gasteiger partial charge >= 0.3 is 12.1 Å². The summed E-state index contributed by atoms with van der Waals surface area (Å²) in [6, 6.07) is -0.701. The van der Waals surface area contributed by atoms with Gasteiger partial charge in [0.1, 0.15) is 0 Å². The van der Waals surface area contributed by atoms with Gasteiger partial charge in [0.05, 0.1) is 45.9 Å². The minimum Gasteiger partial charge on any atom is -0.481 e. The molecular formula is C28H33Cl2F3N4O4. The number of alkyl halides is 3. The smallest absolute Gasteiger partial charge is 0.433 e. The number of hydrogen-bond donors (Lipinski definition) is 1. The van der Waals surface area contributed by atoms with E-state index < -0.39 is 53.6 Å². The van der Waals surface area contributed by atoms with Gasteiger partial charge in [0.25, 0.3) is 5.91 Å². The molecule has 2 fully saturated rings. The summed E-state index contributed by atoms with van der Waals surface area (Å²) >= 11 is 12.3. The molecule has 0 aromatic carbocycles. The summed E-state index contributed by atoms with van der Waals surface area (Å²) in [5, 5.41) is 13.2. The fraction of sp³-hybridized carbons (Fsp3) is 0.607. The van der Waals surface area contributed by atoms with Crippen molar-refractivity contribution in [1.29, 1.82) is 0 Å². The van der Waals surface area contributed by atoms with Crippen LogP contribution < -0.4 is 0 Å². The van der Waals surface area contributed by atoms with Crippen molar-refractivity contribution in [2.75, 3.05) is 13.1 Å². The van der Waals surface area contributed by atoms with Gasteiger partial charge in [0.2, 0.25) is 0 Å². The first-order chi connectivity index (χ1) is 19.1. The summed E-state index contributed by atoms with van der Waals surface area (Å²) in [5.41, 5.74) is -1.85. The SMILES string of the molecule is CC(C)(C)C1CC(CN(CC(=O)c2c(Cl)cncc2Cl)C(=O)c2cnn(C3CCC(C(=O)O)CC3)c2C(F)(F)F)C1. The van der Waals surface area contributed by atoms with Crippen molar-refractivity contribution in [3.63, 3.8) is 0 Å². The Hall–Kier alpha value is -2.66. The van der Waals surface area contributed by atoms with Crippen LogP contribution in [-0.4, -0.2) is 55.5 Å². The lowest BCUT2D eigenvalue weighted by Crippen LogP contribution is -2.45. The van der Waals surface area contributed by atoms with Crippen LogP contribution in [0.2, 0.25) is 10.0 Å². The molecule has 13 heteroatoms. The molecule has 2 aromatic heterocycles. The van der Waals surface area contributed by atoms with Crippen LogP contribution in [0, 0.1) is 23.2 Å². The number of carboxylic acid groups (broad SMARTS) is 1. The first-order valence-corrected chi connectivity index (χ1v) is 14.3. The molecule has 224 valence electrons. The van der Waals surface area contributed by atoms with Gasteiger partial charge in [-0.1, -0.05) is 44.0 Å². The van der Waals surface area contributed by atoms with Crippen molar-refractivity contribution < 1.29 is 32.7 Å². The Morgan fingerprint density at radius 3 is 2.12 bits per heavy atom. The van der Waals surface area contributed by atoms with E-state index in [0.29, 0.717) is 5.92 Å². The molecule has 2 aliphatic rings. The van der Waals surface area contributed by atoms with E-state index in [9.17, 15) is 32.7 Å². The molecule has 1 amide bonds. The van der Waals surface area contributed by atoms with Gasteiger partial charge in [-0.25, -0.2) is 0 Å². The zero-order valence-electron chi connectivity index (χ0n) is 23.0. The largest absolute Gasteiger partial charge is 0.481 e. The molecule has 0 bridgehead atoms. The van der Waals surface area contributed by atoms with Gasteiger partial charge in [-0.05, 0) is 55.8 Å². The molecule has 0 radical (unpaired) electrons. The maximum absolute atomic E-state index is 14.4. The number of hydrogen-bond acceptors (Lipinski definition) is 5. The Morgan fingerprint density at radius 1 is 1.02 bits per heavy atom. The van der Waals surface area contributed by atoms with Gasteiger partial charge in [-0.2, -0.15) is 18.3 Å². The quantitative estimate of drug-likeness (QED) is 0.326. The second kappa shape index (κ2) is 11.9. The lowest BCUT2D eigenvalue weighted by Gasteiger charge is -2.45. The Morgan fingerprint density at radius 2 is 1.61 bits per heavy atom. The van der Waals surface area contributed by atoms with Crippen molar-refractivity contribution in [3.05, 3.63) is 45.5 Å². The molecule has 41 heavy (non-hydrogen) atoms. The predicted molar refractivity (Wildman–Crippen MR) is 146 cm³/mol. The van der Waals surface area contributed by atoms with Gasteiger partial charge in [0.15, 0.2) is 11.5 Å². The monoisotopic (exact) mass is 616 g/mol. The summed E-state index contributed by atoms with van der Waals surface area (Å²) in [6.45, 7) is 5.90. The van der Waals surface area contributed by atoms with Crippen LogP contribution in [-0.2, 0) is 11.0 Å². The third kappa shape index (κ3) is 6.88. The fourth-order valence-electron chi connectivity index (χ4n) is 5.87. The van der Waals surface area contributed by atoms with Gasteiger partial charge in [-0.3, -0.25) is 24.0 Å². The van der Waals surface area contributed by atoms with E-state index in [4.69, 9.17) is 23.2 Å². The highest BCUT2D eigenvalue weighted by atomic mass is 35.5. The second-order valence-corrected chi connectivity index (χ2v) is 13.0. The van der Waals surface area contributed by atoms with Crippen LogP contribution in [0.5, 0.6) is 0 Å². The average Bonchev–Trinajstić information content (AvgIpc) is 3.30. The summed E-state index contributed by atoms with van der Waals surface area (Å²) in [4.78, 5) is 43.4. The lowest BCUT2D eigenvalue weighted by molar-refractivity contribution is -0.147. The van der Waals surface area contributed by atoms with Crippen molar-refractivity contribution >= 4 is 40.9 Å². The molecule has 8 nitrogen and oxygen atoms in total. The van der Waals surface area contributed by atoms with Crippen LogP contribution in [0.15, 0.2) is 18.6 Å². The number of amides is 1. The van der Waals surface area contributed by atoms with E-state index in [-0.39, 0.29) is 59.2 Å². The van der Waals surface area contributed by atoms with E-state index in [1.807, 2.05) is 0 Å². The lowest BCUT2D eigenvalue weighted by atomic mass is 9.63. The number of carboxylic acids is 1. The zero-order chi connectivity index (χ0) is 30.3. The average molecular weight is 617 g/mol. The fourth-order valence-corrected chi connectivity index (χ4v) is 6.44. The summed E-state index contributed by atoms with van der Waals surface area (Å²) < 4.78 is 44.1. The van der Waals surface area contributed by atoms with E-state index in [1.54, 1.807) is 0 Å². The van der Waals surface area contributed by atoms with Crippen molar-refractivity contribution in [2.45, 2.75) is 71.5 Å². The molecule has 0 saturated heterocycles. The molecular weight excluding hydrogens is 584 g/mol. The van der Waals surface area contributed by atoms with Gasteiger partial charge in [0, 0.05) is 18.9 Å². The number of rotatable bonds is 8. The van der Waals surface area contributed by atoms with Crippen LogP contribution in [0.3, 0.4) is 0 Å². The third-order valence-corrected chi connectivity index (χ3v) is 8.95. The maximum Gasteiger partial charge on any atom is 0.433 e. The predicted octanol–water partition coefficient (Wildman–Crippen LogP) is 6.82. The van der Waals surface area contributed by atoms with Crippen LogP contribution in [0.25, 0.3) is 0 Å². The van der Waals surface area contributed by atoms with Gasteiger partial charge in [-0.15, -0.1) is 0 Å². The Labute approximate surface area is 246 Å². The van der Waals surface area contributed by atoms with E-state index in [0.717, 1.165) is 28.6 Å². The molecule has 2 heterocycles. The molecule has 0 unspecified atom stereocenters. The van der Waals surface area contributed by atoms with Crippen LogP contribution in [0.4, 0.5) is 13.2 Å². The molecule has 0 atom stereocenters. The van der Waals surface area contributed by atoms with Crippen LogP contribution >= 0.6 is 23.2 Å². The molecule has 2 aliphatic carbocycles. The highest BCUT2D eigenvalue weighted by molar-refractivity contribution is 6.39. The molecule has 2 aromatic rings. The molecule has 2 saturated carbocycles. The number of nitrogens with zero attached hydrogens (tertiary/aromatic N) is 4. The Kier molecular flexibility index (Phi) is 9.09. The maximum atomic E-state index is 14.4. The number of carbonyl (C=O) groups excluding carboxylic acids is 2. The third-order valence-electron chi connectivity index (χ3n) is 8.38. The number of ketones is 1. The van der Waals surface area contributed by atoms with E-state index >= 15 is 0 Å².